The maximum Gasteiger partial charge on any atom is 0.261 e. The highest BCUT2D eigenvalue weighted by molar-refractivity contribution is 7.90. The van der Waals surface area contributed by atoms with Gasteiger partial charge in [-0.25, -0.2) is 18.4 Å². The van der Waals surface area contributed by atoms with E-state index in [1.807, 2.05) is 81.4 Å². The molecule has 2 aromatic carbocycles. The SMILES string of the molecule is CCc1nc2c(C)cc(C)nc2n1C(c1ccc(-c2ccccc2)cc1)S(=O)(=O)NC(=O)C1CCCCC1CN. The molecule has 9 heteroatoms. The topological polar surface area (TPSA) is 120 Å². The molecule has 1 fully saturated rings. The fourth-order valence-electron chi connectivity index (χ4n) is 5.96. The molecule has 1 saturated carbocycles. The van der Waals surface area contributed by atoms with Crippen LogP contribution in [0.2, 0.25) is 0 Å². The summed E-state index contributed by atoms with van der Waals surface area (Å²) in [6.45, 7) is 6.13. The van der Waals surface area contributed by atoms with Gasteiger partial charge >= 0.3 is 0 Å². The van der Waals surface area contributed by atoms with E-state index in [1.165, 1.54) is 0 Å². The lowest BCUT2D eigenvalue weighted by Crippen LogP contribution is -2.44. The summed E-state index contributed by atoms with van der Waals surface area (Å²) in [4.78, 5) is 23.0. The van der Waals surface area contributed by atoms with E-state index in [0.29, 0.717) is 41.9 Å². The number of aryl methyl sites for hydroxylation is 3. The quantitative estimate of drug-likeness (QED) is 0.312. The molecular weight excluding hydrogens is 522 g/mol. The Morgan fingerprint density at radius 3 is 2.38 bits per heavy atom. The van der Waals surface area contributed by atoms with Crippen molar-refractivity contribution in [2.45, 2.75) is 58.2 Å². The van der Waals surface area contributed by atoms with Gasteiger partial charge in [0.05, 0.1) is 0 Å². The highest BCUT2D eigenvalue weighted by atomic mass is 32.2. The second-order valence-corrected chi connectivity index (χ2v) is 12.5. The average Bonchev–Trinajstić information content (AvgIpc) is 3.31. The highest BCUT2D eigenvalue weighted by Crippen LogP contribution is 2.34. The van der Waals surface area contributed by atoms with Crippen molar-refractivity contribution in [2.75, 3.05) is 6.54 Å². The summed E-state index contributed by atoms with van der Waals surface area (Å²) in [7, 11) is -4.26. The first-order valence-electron chi connectivity index (χ1n) is 14.0. The van der Waals surface area contributed by atoms with Crippen LogP contribution < -0.4 is 10.5 Å². The van der Waals surface area contributed by atoms with Crippen LogP contribution in [-0.2, 0) is 21.2 Å². The van der Waals surface area contributed by atoms with Crippen LogP contribution >= 0.6 is 0 Å². The van der Waals surface area contributed by atoms with Gasteiger partial charge in [-0.3, -0.25) is 14.1 Å². The van der Waals surface area contributed by atoms with Gasteiger partial charge in [-0.1, -0.05) is 74.4 Å². The van der Waals surface area contributed by atoms with Gasteiger partial charge in [0, 0.05) is 18.0 Å². The van der Waals surface area contributed by atoms with E-state index >= 15 is 0 Å². The molecular formula is C31H37N5O3S. The Kier molecular flexibility index (Phi) is 8.05. The first kappa shape index (κ1) is 28.0. The van der Waals surface area contributed by atoms with Gasteiger partial charge in [0.25, 0.3) is 10.0 Å². The van der Waals surface area contributed by atoms with E-state index in [0.717, 1.165) is 41.6 Å². The predicted octanol–water partition coefficient (Wildman–Crippen LogP) is 5.04. The van der Waals surface area contributed by atoms with Gasteiger partial charge in [0.15, 0.2) is 11.0 Å². The van der Waals surface area contributed by atoms with Gasteiger partial charge in [-0.15, -0.1) is 0 Å². The number of nitrogens with one attached hydrogen (secondary N) is 1. The minimum absolute atomic E-state index is 0.0280. The molecule has 2 heterocycles. The summed E-state index contributed by atoms with van der Waals surface area (Å²) >= 11 is 0. The van der Waals surface area contributed by atoms with E-state index < -0.39 is 27.2 Å². The number of hydrogen-bond donors (Lipinski definition) is 2. The van der Waals surface area contributed by atoms with E-state index in [-0.39, 0.29) is 5.92 Å². The number of carbonyl (C=O) groups excluding carboxylic acids is 1. The standard InChI is InChI=1S/C31H37N5O3S/c1-4-27-34-28-20(2)18-21(3)33-29(28)36(27)31(24-16-14-23(15-17-24)22-10-6-5-7-11-22)40(38,39)35-30(37)26-13-9-8-12-25(26)19-32/h5-7,10-11,14-18,25-26,31H,4,8-9,12-13,19,32H2,1-3H3,(H,35,37). The Balaban J connectivity index is 1.64. The molecule has 8 nitrogen and oxygen atoms in total. The number of imidazole rings is 1. The third kappa shape index (κ3) is 5.40. The normalized spacial score (nSPS) is 18.5. The molecule has 210 valence electrons. The molecule has 1 aliphatic carbocycles. The summed E-state index contributed by atoms with van der Waals surface area (Å²) in [6, 6.07) is 19.3. The highest BCUT2D eigenvalue weighted by Gasteiger charge is 2.38. The van der Waals surface area contributed by atoms with Crippen LogP contribution in [0.3, 0.4) is 0 Å². The smallest absolute Gasteiger partial charge is 0.261 e. The lowest BCUT2D eigenvalue weighted by atomic mass is 9.79. The Bertz CT molecular complexity index is 1610. The van der Waals surface area contributed by atoms with Crippen molar-refractivity contribution < 1.29 is 13.2 Å². The van der Waals surface area contributed by atoms with Crippen LogP contribution in [-0.4, -0.2) is 35.4 Å². The number of fused-ring (bicyclic) bond motifs is 1. The summed E-state index contributed by atoms with van der Waals surface area (Å²) in [5.41, 5.74) is 11.3. The number of pyridine rings is 1. The zero-order chi connectivity index (χ0) is 28.4. The Morgan fingerprint density at radius 2 is 1.70 bits per heavy atom. The molecule has 2 aromatic heterocycles. The zero-order valence-electron chi connectivity index (χ0n) is 23.3. The van der Waals surface area contributed by atoms with Gasteiger partial charge in [-0.05, 0) is 67.5 Å². The Labute approximate surface area is 236 Å². The number of hydrogen-bond acceptors (Lipinski definition) is 6. The molecule has 40 heavy (non-hydrogen) atoms. The van der Waals surface area contributed by atoms with Gasteiger partial charge in [0.1, 0.15) is 11.3 Å². The fourth-order valence-corrected chi connectivity index (χ4v) is 7.52. The molecule has 1 aliphatic rings. The van der Waals surface area contributed by atoms with E-state index in [1.54, 1.807) is 4.57 Å². The van der Waals surface area contributed by atoms with Crippen molar-refractivity contribution >= 4 is 27.1 Å². The van der Waals surface area contributed by atoms with Crippen LogP contribution in [0, 0.1) is 25.7 Å². The summed E-state index contributed by atoms with van der Waals surface area (Å²) in [5.74, 6) is -0.352. The second-order valence-electron chi connectivity index (χ2n) is 10.7. The maximum atomic E-state index is 14.3. The minimum Gasteiger partial charge on any atom is -0.330 e. The molecule has 0 spiro atoms. The molecule has 0 aliphatic heterocycles. The number of carbonyl (C=O) groups is 1. The molecule has 4 aromatic rings. The van der Waals surface area contributed by atoms with Crippen molar-refractivity contribution in [3.8, 4) is 11.1 Å². The lowest BCUT2D eigenvalue weighted by molar-refractivity contribution is -0.125. The molecule has 0 radical (unpaired) electrons. The monoisotopic (exact) mass is 559 g/mol. The third-order valence-corrected chi connectivity index (χ3v) is 9.54. The Morgan fingerprint density at radius 1 is 1.02 bits per heavy atom. The second kappa shape index (κ2) is 11.5. The van der Waals surface area contributed by atoms with Crippen molar-refractivity contribution in [1.29, 1.82) is 0 Å². The van der Waals surface area contributed by atoms with Gasteiger partial charge in [-0.2, -0.15) is 0 Å². The number of aromatic nitrogens is 3. The van der Waals surface area contributed by atoms with E-state index in [2.05, 4.69) is 4.72 Å². The van der Waals surface area contributed by atoms with Crippen LogP contribution in [0.5, 0.6) is 0 Å². The van der Waals surface area contributed by atoms with Crippen LogP contribution in [0.4, 0.5) is 0 Å². The average molecular weight is 560 g/mol. The van der Waals surface area contributed by atoms with Crippen molar-refractivity contribution in [3.63, 3.8) is 0 Å². The predicted molar refractivity (Wildman–Crippen MR) is 158 cm³/mol. The summed E-state index contributed by atoms with van der Waals surface area (Å²) in [6.07, 6.45) is 3.84. The van der Waals surface area contributed by atoms with Crippen molar-refractivity contribution in [2.24, 2.45) is 17.6 Å². The number of sulfonamides is 1. The van der Waals surface area contributed by atoms with Crippen LogP contribution in [0.1, 0.15) is 60.6 Å². The zero-order valence-corrected chi connectivity index (χ0v) is 24.1. The number of nitrogens with zero attached hydrogens (tertiary/aromatic N) is 3. The minimum atomic E-state index is -4.26. The molecule has 0 bridgehead atoms. The number of rotatable bonds is 8. The number of nitrogens with two attached hydrogens (primary N) is 1. The summed E-state index contributed by atoms with van der Waals surface area (Å²) < 4.78 is 32.7. The number of amides is 1. The fraction of sp³-hybridized carbons (Fsp3) is 0.387. The summed E-state index contributed by atoms with van der Waals surface area (Å²) in [5, 5.41) is -1.24. The lowest BCUT2D eigenvalue weighted by Gasteiger charge is -2.30. The number of benzene rings is 2. The van der Waals surface area contributed by atoms with Gasteiger partial charge in [0.2, 0.25) is 5.91 Å². The molecule has 3 atom stereocenters. The van der Waals surface area contributed by atoms with Crippen molar-refractivity contribution in [1.82, 2.24) is 19.3 Å². The first-order chi connectivity index (χ1) is 19.2. The van der Waals surface area contributed by atoms with Crippen molar-refractivity contribution in [3.05, 3.63) is 83.3 Å². The Hall–Kier alpha value is -3.56. The molecule has 0 saturated heterocycles. The molecule has 5 rings (SSSR count). The van der Waals surface area contributed by atoms with E-state index in [4.69, 9.17) is 15.7 Å². The molecule has 3 N–H and O–H groups in total. The van der Waals surface area contributed by atoms with Crippen LogP contribution in [0.15, 0.2) is 60.7 Å². The van der Waals surface area contributed by atoms with Gasteiger partial charge < -0.3 is 5.73 Å². The third-order valence-electron chi connectivity index (χ3n) is 7.98. The first-order valence-corrected chi connectivity index (χ1v) is 15.5. The van der Waals surface area contributed by atoms with E-state index in [9.17, 15) is 13.2 Å². The molecule has 3 unspecified atom stereocenters. The molecule has 1 amide bonds. The van der Waals surface area contributed by atoms with Crippen LogP contribution in [0.25, 0.3) is 22.3 Å². The largest absolute Gasteiger partial charge is 0.330 e. The maximum absolute atomic E-state index is 14.3.